The number of hydrogen-bond donors (Lipinski definition) is 1. The van der Waals surface area contributed by atoms with Crippen LogP contribution in [0.1, 0.15) is 33.6 Å². The van der Waals surface area contributed by atoms with Crippen LogP contribution in [0.25, 0.3) is 0 Å². The van der Waals surface area contributed by atoms with Crippen LogP contribution in [0, 0.1) is 0 Å². The highest BCUT2D eigenvalue weighted by Gasteiger charge is 2.24. The molecule has 1 atom stereocenters. The van der Waals surface area contributed by atoms with Crippen LogP contribution >= 0.6 is 0 Å². The van der Waals surface area contributed by atoms with E-state index < -0.39 is 0 Å². The van der Waals surface area contributed by atoms with E-state index in [2.05, 4.69) is 5.32 Å². The maximum absolute atomic E-state index is 12.6. The molecule has 1 aliphatic rings. The van der Waals surface area contributed by atoms with Gasteiger partial charge in [-0.2, -0.15) is 0 Å². The van der Waals surface area contributed by atoms with E-state index in [1.54, 1.807) is 38.4 Å². The summed E-state index contributed by atoms with van der Waals surface area (Å²) < 4.78 is 0. The molecule has 0 spiro atoms. The highest BCUT2D eigenvalue weighted by atomic mass is 16.2. The second-order valence-electron chi connectivity index (χ2n) is 5.66. The molecule has 21 heavy (non-hydrogen) atoms. The van der Waals surface area contributed by atoms with Gasteiger partial charge >= 0.3 is 0 Å². The van der Waals surface area contributed by atoms with Crippen LogP contribution in [0.3, 0.4) is 0 Å². The fourth-order valence-corrected chi connectivity index (χ4v) is 2.62. The summed E-state index contributed by atoms with van der Waals surface area (Å²) in [6.07, 6.45) is 2.10. The second kappa shape index (κ2) is 6.72. The van der Waals surface area contributed by atoms with Crippen molar-refractivity contribution in [1.82, 2.24) is 15.1 Å². The van der Waals surface area contributed by atoms with Gasteiger partial charge in [0, 0.05) is 44.4 Å². The van der Waals surface area contributed by atoms with E-state index in [-0.39, 0.29) is 11.8 Å². The monoisotopic (exact) mass is 289 g/mol. The maximum atomic E-state index is 12.6. The summed E-state index contributed by atoms with van der Waals surface area (Å²) in [5.41, 5.74) is 1.13. The zero-order valence-electron chi connectivity index (χ0n) is 12.9. The van der Waals surface area contributed by atoms with Crippen LogP contribution < -0.4 is 5.32 Å². The molecule has 1 unspecified atom stereocenters. The lowest BCUT2D eigenvalue weighted by atomic mass is 10.0. The number of benzene rings is 1. The van der Waals surface area contributed by atoms with Crippen LogP contribution in [-0.4, -0.2) is 61.9 Å². The Kier molecular flexibility index (Phi) is 4.96. The highest BCUT2D eigenvalue weighted by molar-refractivity contribution is 5.99. The Hall–Kier alpha value is -1.88. The average Bonchev–Trinajstić information content (AvgIpc) is 2.53. The Bertz CT molecular complexity index is 528. The Morgan fingerprint density at radius 3 is 2.67 bits per heavy atom. The Morgan fingerprint density at radius 1 is 1.29 bits per heavy atom. The molecule has 5 heteroatoms. The van der Waals surface area contributed by atoms with Crippen LogP contribution in [0.2, 0.25) is 0 Å². The van der Waals surface area contributed by atoms with Crippen molar-refractivity contribution in [3.05, 3.63) is 35.4 Å². The van der Waals surface area contributed by atoms with E-state index in [0.717, 1.165) is 25.9 Å². The molecule has 0 aliphatic carbocycles. The van der Waals surface area contributed by atoms with E-state index in [0.29, 0.717) is 17.2 Å². The third-order valence-electron chi connectivity index (χ3n) is 3.88. The van der Waals surface area contributed by atoms with Gasteiger partial charge in [-0.1, -0.05) is 6.07 Å². The Morgan fingerprint density at radius 2 is 2.00 bits per heavy atom. The first-order valence-electron chi connectivity index (χ1n) is 7.31. The summed E-state index contributed by atoms with van der Waals surface area (Å²) in [6.45, 7) is 1.50. The standard InChI is InChI=1S/C16H23N3O2/c1-17-14-8-5-9-19(11-14)16(21)13-7-4-6-12(10-13)15(20)18(2)3/h4,6-7,10,14,17H,5,8-9,11H2,1-3H3. The quantitative estimate of drug-likeness (QED) is 0.910. The van der Waals surface area contributed by atoms with Gasteiger partial charge in [-0.25, -0.2) is 0 Å². The van der Waals surface area contributed by atoms with Gasteiger partial charge in [-0.15, -0.1) is 0 Å². The maximum Gasteiger partial charge on any atom is 0.253 e. The van der Waals surface area contributed by atoms with Gasteiger partial charge in [0.25, 0.3) is 11.8 Å². The molecule has 1 N–H and O–H groups in total. The van der Waals surface area contributed by atoms with Crippen molar-refractivity contribution in [1.29, 1.82) is 0 Å². The predicted octanol–water partition coefficient (Wildman–Crippen LogP) is 1.21. The smallest absolute Gasteiger partial charge is 0.253 e. The third-order valence-corrected chi connectivity index (χ3v) is 3.88. The van der Waals surface area contributed by atoms with Gasteiger partial charge in [0.05, 0.1) is 0 Å². The van der Waals surface area contributed by atoms with Crippen LogP contribution in [0.15, 0.2) is 24.3 Å². The lowest BCUT2D eigenvalue weighted by Gasteiger charge is -2.32. The largest absolute Gasteiger partial charge is 0.345 e. The molecule has 1 fully saturated rings. The minimum Gasteiger partial charge on any atom is -0.345 e. The van der Waals surface area contributed by atoms with Crippen LogP contribution in [0.4, 0.5) is 0 Å². The lowest BCUT2D eigenvalue weighted by Crippen LogP contribution is -2.47. The number of hydrogen-bond acceptors (Lipinski definition) is 3. The molecule has 114 valence electrons. The predicted molar refractivity (Wildman–Crippen MR) is 82.4 cm³/mol. The average molecular weight is 289 g/mol. The number of likely N-dealkylation sites (tertiary alicyclic amines) is 1. The zero-order valence-corrected chi connectivity index (χ0v) is 12.9. The summed E-state index contributed by atoms with van der Waals surface area (Å²) in [6, 6.07) is 7.33. The van der Waals surface area contributed by atoms with Crippen molar-refractivity contribution in [2.75, 3.05) is 34.2 Å². The first-order chi connectivity index (χ1) is 10.0. The summed E-state index contributed by atoms with van der Waals surface area (Å²) >= 11 is 0. The molecule has 1 aromatic carbocycles. The number of nitrogens with zero attached hydrogens (tertiary/aromatic N) is 2. The van der Waals surface area contributed by atoms with Crippen molar-refractivity contribution in [2.45, 2.75) is 18.9 Å². The van der Waals surface area contributed by atoms with Gasteiger partial charge in [0.15, 0.2) is 0 Å². The zero-order chi connectivity index (χ0) is 15.4. The molecule has 1 heterocycles. The fraction of sp³-hybridized carbons (Fsp3) is 0.500. The molecule has 1 aliphatic heterocycles. The number of piperidine rings is 1. The molecule has 2 amide bonds. The molecule has 0 radical (unpaired) electrons. The van der Waals surface area contributed by atoms with E-state index in [1.807, 2.05) is 11.9 Å². The van der Waals surface area contributed by atoms with Crippen molar-refractivity contribution >= 4 is 11.8 Å². The highest BCUT2D eigenvalue weighted by Crippen LogP contribution is 2.15. The SMILES string of the molecule is CNC1CCCN(C(=O)c2cccc(C(=O)N(C)C)c2)C1. The molecule has 1 saturated heterocycles. The van der Waals surface area contributed by atoms with Crippen LogP contribution in [0.5, 0.6) is 0 Å². The summed E-state index contributed by atoms with van der Waals surface area (Å²) in [7, 11) is 5.34. The lowest BCUT2D eigenvalue weighted by molar-refractivity contribution is 0.0698. The van der Waals surface area contributed by atoms with E-state index >= 15 is 0 Å². The van der Waals surface area contributed by atoms with Gasteiger partial charge in [0.2, 0.25) is 0 Å². The Balaban J connectivity index is 2.16. The fourth-order valence-electron chi connectivity index (χ4n) is 2.62. The molecule has 5 nitrogen and oxygen atoms in total. The number of rotatable bonds is 3. The number of amides is 2. The van der Waals surface area contributed by atoms with Crippen molar-refractivity contribution in [3.8, 4) is 0 Å². The molecule has 0 bridgehead atoms. The van der Waals surface area contributed by atoms with Gasteiger partial charge in [-0.3, -0.25) is 9.59 Å². The van der Waals surface area contributed by atoms with Crippen LogP contribution in [-0.2, 0) is 0 Å². The molecule has 0 aromatic heterocycles. The van der Waals surface area contributed by atoms with Gasteiger partial charge in [-0.05, 0) is 38.1 Å². The van der Waals surface area contributed by atoms with Crippen molar-refractivity contribution < 1.29 is 9.59 Å². The van der Waals surface area contributed by atoms with Crippen molar-refractivity contribution in [3.63, 3.8) is 0 Å². The minimum absolute atomic E-state index is 0.00311. The number of nitrogens with one attached hydrogen (secondary N) is 1. The first-order valence-corrected chi connectivity index (χ1v) is 7.31. The topological polar surface area (TPSA) is 52.7 Å². The molecular formula is C16H23N3O2. The number of carbonyl (C=O) groups is 2. The van der Waals surface area contributed by atoms with E-state index in [9.17, 15) is 9.59 Å². The summed E-state index contributed by atoms with van der Waals surface area (Å²) in [5, 5.41) is 3.23. The van der Waals surface area contributed by atoms with Gasteiger partial charge < -0.3 is 15.1 Å². The molecule has 1 aromatic rings. The molecule has 2 rings (SSSR count). The Labute approximate surface area is 125 Å². The number of carbonyl (C=O) groups excluding carboxylic acids is 2. The molecule has 0 saturated carbocycles. The van der Waals surface area contributed by atoms with E-state index in [4.69, 9.17) is 0 Å². The summed E-state index contributed by atoms with van der Waals surface area (Å²) in [4.78, 5) is 27.9. The van der Waals surface area contributed by atoms with Crippen molar-refractivity contribution in [2.24, 2.45) is 0 Å². The molecular weight excluding hydrogens is 266 g/mol. The number of likely N-dealkylation sites (N-methyl/N-ethyl adjacent to an activating group) is 1. The second-order valence-corrected chi connectivity index (χ2v) is 5.66. The third kappa shape index (κ3) is 3.61. The summed E-state index contributed by atoms with van der Waals surface area (Å²) in [5.74, 6) is -0.0836. The van der Waals surface area contributed by atoms with Gasteiger partial charge in [0.1, 0.15) is 0 Å². The van der Waals surface area contributed by atoms with E-state index in [1.165, 1.54) is 4.90 Å². The normalized spacial score (nSPS) is 18.4. The minimum atomic E-state index is -0.0867. The first kappa shape index (κ1) is 15.5.